The Bertz CT molecular complexity index is 1030. The number of benzene rings is 2. The predicted octanol–water partition coefficient (Wildman–Crippen LogP) is 2.11. The zero-order chi connectivity index (χ0) is 20.1. The molecule has 3 rings (SSSR count). The van der Waals surface area contributed by atoms with Crippen molar-refractivity contribution in [3.63, 3.8) is 0 Å². The molecule has 2 aromatic carbocycles. The highest BCUT2D eigenvalue weighted by molar-refractivity contribution is 9.10. The number of nitriles is 1. The van der Waals surface area contributed by atoms with Gasteiger partial charge in [-0.1, -0.05) is 15.9 Å². The molecular formula is C18H15BrN2O6S. The highest BCUT2D eigenvalue weighted by atomic mass is 79.9. The van der Waals surface area contributed by atoms with Crippen LogP contribution in [0.2, 0.25) is 0 Å². The van der Waals surface area contributed by atoms with Gasteiger partial charge < -0.3 is 14.2 Å². The van der Waals surface area contributed by atoms with E-state index in [0.717, 1.165) is 0 Å². The molecule has 0 bridgehead atoms. The van der Waals surface area contributed by atoms with Crippen molar-refractivity contribution < 1.29 is 27.4 Å². The molecule has 1 heterocycles. The molecule has 146 valence electrons. The lowest BCUT2D eigenvalue weighted by Crippen LogP contribution is -2.30. The number of nitrogens with one attached hydrogen (secondary N) is 1. The number of rotatable bonds is 6. The van der Waals surface area contributed by atoms with E-state index in [1.807, 2.05) is 6.07 Å². The van der Waals surface area contributed by atoms with Crippen molar-refractivity contribution in [3.8, 4) is 17.6 Å². The number of ether oxygens (including phenoxy) is 3. The number of esters is 1. The number of sulfonamides is 1. The number of carbonyl (C=O) groups is 1. The molecule has 1 N–H and O–H groups in total. The Morgan fingerprint density at radius 3 is 2.46 bits per heavy atom. The summed E-state index contributed by atoms with van der Waals surface area (Å²) in [6, 6.07) is 10.7. The smallest absolute Gasteiger partial charge is 0.321 e. The third kappa shape index (κ3) is 4.81. The zero-order valence-corrected chi connectivity index (χ0v) is 16.9. The lowest BCUT2D eigenvalue weighted by atomic mass is 10.2. The third-order valence-corrected chi connectivity index (χ3v) is 5.96. The molecule has 0 atom stereocenters. The van der Waals surface area contributed by atoms with Gasteiger partial charge in [-0.15, -0.1) is 0 Å². The summed E-state index contributed by atoms with van der Waals surface area (Å²) in [6.45, 7) is 0.317. The highest BCUT2D eigenvalue weighted by Crippen LogP contribution is 2.35. The maximum absolute atomic E-state index is 12.2. The van der Waals surface area contributed by atoms with Gasteiger partial charge in [-0.3, -0.25) is 4.79 Å². The van der Waals surface area contributed by atoms with Crippen LogP contribution < -0.4 is 14.2 Å². The maximum Gasteiger partial charge on any atom is 0.321 e. The summed E-state index contributed by atoms with van der Waals surface area (Å²) >= 11 is 3.38. The molecule has 8 nitrogen and oxygen atoms in total. The van der Waals surface area contributed by atoms with Crippen molar-refractivity contribution in [1.29, 1.82) is 5.26 Å². The summed E-state index contributed by atoms with van der Waals surface area (Å²) in [5.74, 6) is 0.421. The van der Waals surface area contributed by atoms with Crippen LogP contribution in [0.5, 0.6) is 11.5 Å². The van der Waals surface area contributed by atoms with E-state index in [-0.39, 0.29) is 11.5 Å². The molecular weight excluding hydrogens is 452 g/mol. The van der Waals surface area contributed by atoms with Gasteiger partial charge in [0.25, 0.3) is 0 Å². The SMILES string of the molecule is N#Cc1ccc(S(=O)(=O)NCC(=O)OCc2cc3c(cc2Br)OCCO3)cc1. The Morgan fingerprint density at radius 1 is 1.18 bits per heavy atom. The Labute approximate surface area is 170 Å². The minimum atomic E-state index is -3.89. The summed E-state index contributed by atoms with van der Waals surface area (Å²) in [5, 5.41) is 8.75. The van der Waals surface area contributed by atoms with Crippen LogP contribution >= 0.6 is 15.9 Å². The summed E-state index contributed by atoms with van der Waals surface area (Å²) < 4.78 is 43.3. The minimum absolute atomic E-state index is 0.0473. The molecule has 0 radical (unpaired) electrons. The molecule has 0 unspecified atom stereocenters. The Balaban J connectivity index is 1.56. The van der Waals surface area contributed by atoms with Gasteiger partial charge in [0.2, 0.25) is 10.0 Å². The monoisotopic (exact) mass is 466 g/mol. The van der Waals surface area contributed by atoms with Gasteiger partial charge in [0.05, 0.1) is 16.5 Å². The molecule has 0 fully saturated rings. The van der Waals surface area contributed by atoms with Crippen LogP contribution in [-0.2, 0) is 26.2 Å². The van der Waals surface area contributed by atoms with Gasteiger partial charge in [-0.05, 0) is 36.4 Å². The van der Waals surface area contributed by atoms with E-state index in [9.17, 15) is 13.2 Å². The molecule has 1 aliphatic heterocycles. The summed E-state index contributed by atoms with van der Waals surface area (Å²) in [7, 11) is -3.89. The standard InChI is InChI=1S/C18H15BrN2O6S/c19-15-8-17-16(25-5-6-26-17)7-13(15)11-27-18(22)10-21-28(23,24)14-3-1-12(9-20)2-4-14/h1-4,7-8,21H,5-6,10-11H2. The molecule has 0 spiro atoms. The van der Waals surface area contributed by atoms with Gasteiger partial charge in [0.15, 0.2) is 11.5 Å². The molecule has 1 aliphatic rings. The molecule has 0 amide bonds. The second-order valence-corrected chi connectivity index (χ2v) is 8.33. The third-order valence-electron chi connectivity index (χ3n) is 3.80. The lowest BCUT2D eigenvalue weighted by molar-refractivity contribution is -0.143. The lowest BCUT2D eigenvalue weighted by Gasteiger charge is -2.19. The fourth-order valence-corrected chi connectivity index (χ4v) is 3.78. The fraction of sp³-hybridized carbons (Fsp3) is 0.222. The fourth-order valence-electron chi connectivity index (χ4n) is 2.37. The first kappa shape index (κ1) is 20.1. The van der Waals surface area contributed by atoms with E-state index >= 15 is 0 Å². The van der Waals surface area contributed by atoms with Crippen molar-refractivity contribution >= 4 is 31.9 Å². The summed E-state index contributed by atoms with van der Waals surface area (Å²) in [6.07, 6.45) is 0. The topological polar surface area (TPSA) is 115 Å². The van der Waals surface area contributed by atoms with Gasteiger partial charge in [0, 0.05) is 10.0 Å². The van der Waals surface area contributed by atoms with Crippen LogP contribution in [-0.4, -0.2) is 34.1 Å². The van der Waals surface area contributed by atoms with Gasteiger partial charge in [-0.25, -0.2) is 8.42 Å². The average Bonchev–Trinajstić information content (AvgIpc) is 2.70. The van der Waals surface area contributed by atoms with Crippen molar-refractivity contribution in [2.75, 3.05) is 19.8 Å². The predicted molar refractivity (Wildman–Crippen MR) is 101 cm³/mol. The van der Waals surface area contributed by atoms with Crippen LogP contribution in [0.4, 0.5) is 0 Å². The minimum Gasteiger partial charge on any atom is -0.486 e. The number of halogens is 1. The number of fused-ring (bicyclic) bond motifs is 1. The van der Waals surface area contributed by atoms with Gasteiger partial charge >= 0.3 is 5.97 Å². The summed E-state index contributed by atoms with van der Waals surface area (Å²) in [5.41, 5.74) is 0.996. The first-order valence-electron chi connectivity index (χ1n) is 8.12. The second-order valence-electron chi connectivity index (χ2n) is 5.71. The Kier molecular flexibility index (Phi) is 6.18. The van der Waals surface area contributed by atoms with Crippen LogP contribution in [0, 0.1) is 11.3 Å². The van der Waals surface area contributed by atoms with Crippen molar-refractivity contribution in [2.45, 2.75) is 11.5 Å². The highest BCUT2D eigenvalue weighted by Gasteiger charge is 2.18. The first-order chi connectivity index (χ1) is 13.4. The molecule has 28 heavy (non-hydrogen) atoms. The Morgan fingerprint density at radius 2 is 1.82 bits per heavy atom. The van der Waals surface area contributed by atoms with Crippen LogP contribution in [0.1, 0.15) is 11.1 Å². The quantitative estimate of drug-likeness (QED) is 0.648. The maximum atomic E-state index is 12.2. The molecule has 10 heteroatoms. The van der Waals surface area contributed by atoms with E-state index in [2.05, 4.69) is 20.7 Å². The van der Waals surface area contributed by atoms with Crippen LogP contribution in [0.25, 0.3) is 0 Å². The zero-order valence-electron chi connectivity index (χ0n) is 14.5. The van der Waals surface area contributed by atoms with Crippen molar-refractivity contribution in [2.24, 2.45) is 0 Å². The second kappa shape index (κ2) is 8.60. The molecule has 0 saturated heterocycles. The van der Waals surface area contributed by atoms with E-state index in [1.165, 1.54) is 24.3 Å². The van der Waals surface area contributed by atoms with Gasteiger partial charge in [0.1, 0.15) is 26.4 Å². The summed E-state index contributed by atoms with van der Waals surface area (Å²) in [4.78, 5) is 11.9. The van der Waals surface area contributed by atoms with Crippen LogP contribution in [0.15, 0.2) is 45.8 Å². The van der Waals surface area contributed by atoms with E-state index < -0.39 is 22.5 Å². The molecule has 2 aromatic rings. The number of hydrogen-bond donors (Lipinski definition) is 1. The van der Waals surface area contributed by atoms with Crippen molar-refractivity contribution in [1.82, 2.24) is 4.72 Å². The molecule has 0 saturated carbocycles. The molecule has 0 aliphatic carbocycles. The number of nitrogens with zero attached hydrogens (tertiary/aromatic N) is 1. The number of carbonyl (C=O) groups excluding carboxylic acids is 1. The van der Waals surface area contributed by atoms with Gasteiger partial charge in [-0.2, -0.15) is 9.98 Å². The first-order valence-corrected chi connectivity index (χ1v) is 10.4. The van der Waals surface area contributed by atoms with Crippen LogP contribution in [0.3, 0.4) is 0 Å². The van der Waals surface area contributed by atoms with Crippen molar-refractivity contribution in [3.05, 3.63) is 52.0 Å². The largest absolute Gasteiger partial charge is 0.486 e. The number of hydrogen-bond acceptors (Lipinski definition) is 7. The normalized spacial score (nSPS) is 12.9. The van der Waals surface area contributed by atoms with E-state index in [4.69, 9.17) is 19.5 Å². The Hall–Kier alpha value is -2.61. The van der Waals surface area contributed by atoms with E-state index in [0.29, 0.717) is 40.3 Å². The van der Waals surface area contributed by atoms with E-state index in [1.54, 1.807) is 12.1 Å². The average molecular weight is 467 g/mol. The molecule has 0 aromatic heterocycles.